The molecule has 0 aromatic heterocycles. The quantitative estimate of drug-likeness (QED) is 0.767. The molecule has 0 saturated carbocycles. The Kier molecular flexibility index (Phi) is 5.92. The molecular weight excluding hydrogens is 302 g/mol. The second-order valence-electron chi connectivity index (χ2n) is 4.85. The Bertz CT molecular complexity index is 631. The first-order valence-electron chi connectivity index (χ1n) is 7.03. The summed E-state index contributed by atoms with van der Waals surface area (Å²) in [5.74, 6) is 1.63. The molecule has 0 saturated heterocycles. The van der Waals surface area contributed by atoms with E-state index in [0.717, 1.165) is 29.8 Å². The molecule has 5 heteroatoms. The molecule has 2 N–H and O–H groups in total. The fraction of sp³-hybridized carbons (Fsp3) is 0.294. The Hall–Kier alpha value is -1.91. The predicted octanol–water partition coefficient (Wildman–Crippen LogP) is 3.40. The minimum absolute atomic E-state index is 0.0715. The topological polar surface area (TPSA) is 50.7 Å². The summed E-state index contributed by atoms with van der Waals surface area (Å²) in [6.07, 6.45) is 0.725. The van der Waals surface area contributed by atoms with Crippen LogP contribution in [0.25, 0.3) is 0 Å². The molecule has 0 atom stereocenters. The van der Waals surface area contributed by atoms with Crippen molar-refractivity contribution in [1.29, 1.82) is 0 Å². The Labute approximate surface area is 135 Å². The molecule has 0 spiro atoms. The van der Waals surface area contributed by atoms with Crippen LogP contribution in [-0.4, -0.2) is 25.9 Å². The van der Waals surface area contributed by atoms with Gasteiger partial charge in [0.25, 0.3) is 0 Å². The fourth-order valence-corrected chi connectivity index (χ4v) is 2.42. The van der Waals surface area contributed by atoms with E-state index < -0.39 is 0 Å². The molecule has 2 aromatic rings. The molecule has 0 aliphatic carbocycles. The van der Waals surface area contributed by atoms with Crippen molar-refractivity contribution in [2.75, 3.05) is 20.8 Å². The number of hydrogen-bond acceptors (Lipinski definition) is 4. The molecule has 0 bridgehead atoms. The molecule has 0 aliphatic heterocycles. The van der Waals surface area contributed by atoms with Gasteiger partial charge < -0.3 is 19.9 Å². The van der Waals surface area contributed by atoms with Crippen LogP contribution in [0.3, 0.4) is 0 Å². The number of aromatic hydroxyl groups is 1. The minimum atomic E-state index is 0.0715. The monoisotopic (exact) mass is 321 g/mol. The van der Waals surface area contributed by atoms with E-state index in [9.17, 15) is 5.11 Å². The second-order valence-corrected chi connectivity index (χ2v) is 5.26. The number of hydrogen-bond donors (Lipinski definition) is 2. The van der Waals surface area contributed by atoms with Gasteiger partial charge in [0, 0.05) is 18.2 Å². The van der Waals surface area contributed by atoms with Gasteiger partial charge in [0.05, 0.1) is 19.2 Å². The zero-order chi connectivity index (χ0) is 15.9. The highest BCUT2D eigenvalue weighted by Gasteiger charge is 2.08. The highest BCUT2D eigenvalue weighted by Crippen LogP contribution is 2.31. The molecule has 2 aromatic carbocycles. The maximum Gasteiger partial charge on any atom is 0.134 e. The number of halogens is 1. The SMILES string of the molecule is COc1cc(Cl)c(O)cc1CCNCc1ccccc1OC. The number of phenols is 1. The first-order valence-corrected chi connectivity index (χ1v) is 7.41. The number of nitrogens with one attached hydrogen (secondary N) is 1. The van der Waals surface area contributed by atoms with Crippen molar-refractivity contribution in [2.45, 2.75) is 13.0 Å². The van der Waals surface area contributed by atoms with Gasteiger partial charge in [-0.3, -0.25) is 0 Å². The molecule has 0 heterocycles. The van der Waals surface area contributed by atoms with Gasteiger partial charge in [0.1, 0.15) is 17.2 Å². The van der Waals surface area contributed by atoms with Crippen LogP contribution in [0.4, 0.5) is 0 Å². The molecule has 0 radical (unpaired) electrons. The lowest BCUT2D eigenvalue weighted by Crippen LogP contribution is -2.17. The Morgan fingerprint density at radius 1 is 1.05 bits per heavy atom. The molecule has 0 aliphatic rings. The third kappa shape index (κ3) is 4.06. The van der Waals surface area contributed by atoms with Crippen molar-refractivity contribution in [3.8, 4) is 17.2 Å². The standard InChI is InChI=1S/C17H20ClNO3/c1-21-16-6-4-3-5-13(16)11-19-8-7-12-9-15(20)14(18)10-17(12)22-2/h3-6,9-10,19-20H,7-8,11H2,1-2H3. The highest BCUT2D eigenvalue weighted by atomic mass is 35.5. The average molecular weight is 322 g/mol. The summed E-state index contributed by atoms with van der Waals surface area (Å²) in [5.41, 5.74) is 2.02. The zero-order valence-corrected chi connectivity index (χ0v) is 13.5. The van der Waals surface area contributed by atoms with Crippen molar-refractivity contribution in [2.24, 2.45) is 0 Å². The third-order valence-electron chi connectivity index (χ3n) is 3.43. The zero-order valence-electron chi connectivity index (χ0n) is 12.7. The molecule has 4 nitrogen and oxygen atoms in total. The van der Waals surface area contributed by atoms with Crippen LogP contribution in [0.2, 0.25) is 5.02 Å². The predicted molar refractivity (Wildman–Crippen MR) is 88.1 cm³/mol. The normalized spacial score (nSPS) is 10.5. The minimum Gasteiger partial charge on any atom is -0.506 e. The number of methoxy groups -OCH3 is 2. The lowest BCUT2D eigenvalue weighted by atomic mass is 10.1. The van der Waals surface area contributed by atoms with Crippen LogP contribution >= 0.6 is 11.6 Å². The fourth-order valence-electron chi connectivity index (χ4n) is 2.27. The second kappa shape index (κ2) is 7.92. The summed E-state index contributed by atoms with van der Waals surface area (Å²) < 4.78 is 10.6. The van der Waals surface area contributed by atoms with E-state index >= 15 is 0 Å². The van der Waals surface area contributed by atoms with Gasteiger partial charge in [0.15, 0.2) is 0 Å². The van der Waals surface area contributed by atoms with Crippen LogP contribution in [-0.2, 0) is 13.0 Å². The van der Waals surface area contributed by atoms with Crippen molar-refractivity contribution >= 4 is 11.6 Å². The number of para-hydroxylation sites is 1. The van der Waals surface area contributed by atoms with Gasteiger partial charge in [-0.05, 0) is 30.7 Å². The first kappa shape index (κ1) is 16.5. The van der Waals surface area contributed by atoms with E-state index in [2.05, 4.69) is 5.32 Å². The van der Waals surface area contributed by atoms with Gasteiger partial charge in [0.2, 0.25) is 0 Å². The highest BCUT2D eigenvalue weighted by molar-refractivity contribution is 6.32. The maximum atomic E-state index is 9.70. The lowest BCUT2D eigenvalue weighted by Gasteiger charge is -2.12. The van der Waals surface area contributed by atoms with Crippen molar-refractivity contribution < 1.29 is 14.6 Å². The molecule has 22 heavy (non-hydrogen) atoms. The Morgan fingerprint density at radius 3 is 2.50 bits per heavy atom. The van der Waals surface area contributed by atoms with E-state index in [1.807, 2.05) is 24.3 Å². The number of rotatable bonds is 7. The van der Waals surface area contributed by atoms with E-state index in [1.54, 1.807) is 26.4 Å². The molecular formula is C17H20ClNO3. The van der Waals surface area contributed by atoms with Crippen molar-refractivity contribution in [3.05, 3.63) is 52.5 Å². The summed E-state index contributed by atoms with van der Waals surface area (Å²) in [7, 11) is 3.26. The first-order chi connectivity index (χ1) is 10.7. The summed E-state index contributed by atoms with van der Waals surface area (Å²) >= 11 is 5.88. The van der Waals surface area contributed by atoms with E-state index in [1.165, 1.54) is 0 Å². The summed E-state index contributed by atoms with van der Waals surface area (Å²) in [6.45, 7) is 1.46. The molecule has 0 fully saturated rings. The van der Waals surface area contributed by atoms with Crippen LogP contribution in [0.1, 0.15) is 11.1 Å². The summed E-state index contributed by atoms with van der Waals surface area (Å²) in [5, 5.41) is 13.4. The summed E-state index contributed by atoms with van der Waals surface area (Å²) in [6, 6.07) is 11.2. The van der Waals surface area contributed by atoms with Gasteiger partial charge >= 0.3 is 0 Å². The van der Waals surface area contributed by atoms with Crippen LogP contribution in [0.15, 0.2) is 36.4 Å². The maximum absolute atomic E-state index is 9.70. The Morgan fingerprint density at radius 2 is 1.77 bits per heavy atom. The Balaban J connectivity index is 1.93. The largest absolute Gasteiger partial charge is 0.506 e. The van der Waals surface area contributed by atoms with Gasteiger partial charge in [-0.1, -0.05) is 29.8 Å². The molecule has 2 rings (SSSR count). The van der Waals surface area contributed by atoms with Gasteiger partial charge in [-0.15, -0.1) is 0 Å². The molecule has 118 valence electrons. The lowest BCUT2D eigenvalue weighted by molar-refractivity contribution is 0.404. The summed E-state index contributed by atoms with van der Waals surface area (Å²) in [4.78, 5) is 0. The molecule has 0 amide bonds. The van der Waals surface area contributed by atoms with Crippen LogP contribution in [0.5, 0.6) is 17.2 Å². The van der Waals surface area contributed by atoms with Crippen molar-refractivity contribution in [1.82, 2.24) is 5.32 Å². The van der Waals surface area contributed by atoms with E-state index in [0.29, 0.717) is 17.3 Å². The van der Waals surface area contributed by atoms with Crippen LogP contribution < -0.4 is 14.8 Å². The third-order valence-corrected chi connectivity index (χ3v) is 3.73. The number of ether oxygens (including phenoxy) is 2. The van der Waals surface area contributed by atoms with E-state index in [4.69, 9.17) is 21.1 Å². The van der Waals surface area contributed by atoms with Gasteiger partial charge in [-0.2, -0.15) is 0 Å². The smallest absolute Gasteiger partial charge is 0.134 e. The van der Waals surface area contributed by atoms with Gasteiger partial charge in [-0.25, -0.2) is 0 Å². The average Bonchev–Trinajstić information content (AvgIpc) is 2.54. The van der Waals surface area contributed by atoms with Crippen LogP contribution in [0, 0.1) is 0 Å². The van der Waals surface area contributed by atoms with Crippen molar-refractivity contribution in [3.63, 3.8) is 0 Å². The number of phenolic OH excluding ortho intramolecular Hbond substituents is 1. The number of benzene rings is 2. The molecule has 0 unspecified atom stereocenters. The van der Waals surface area contributed by atoms with E-state index in [-0.39, 0.29) is 5.75 Å².